The molecule has 10 nitrogen and oxygen atoms in total. The normalized spacial score (nSPS) is 10.8. The van der Waals surface area contributed by atoms with Gasteiger partial charge in [0.15, 0.2) is 6.61 Å². The van der Waals surface area contributed by atoms with E-state index in [1.54, 1.807) is 0 Å². The maximum atomic E-state index is 11.9. The SMILES string of the molecule is COc1ccc(NC(=O)COc2cccc([N+](=O)[O-])c2)cc1S(N)(=O)=O. The van der Waals surface area contributed by atoms with Gasteiger partial charge in [0, 0.05) is 11.8 Å². The van der Waals surface area contributed by atoms with Crippen LogP contribution in [0.1, 0.15) is 0 Å². The number of nitrogens with one attached hydrogen (secondary N) is 1. The van der Waals surface area contributed by atoms with Crippen LogP contribution in [0.2, 0.25) is 0 Å². The summed E-state index contributed by atoms with van der Waals surface area (Å²) in [5.74, 6) is -0.408. The Kier molecular flexibility index (Phi) is 5.75. The summed E-state index contributed by atoms with van der Waals surface area (Å²) in [5, 5.41) is 18.2. The molecule has 0 saturated carbocycles. The summed E-state index contributed by atoms with van der Waals surface area (Å²) in [6, 6.07) is 9.29. The number of amides is 1. The second-order valence-corrected chi connectivity index (χ2v) is 6.53. The molecule has 138 valence electrons. The molecular weight excluding hydrogens is 366 g/mol. The lowest BCUT2D eigenvalue weighted by atomic mass is 10.3. The van der Waals surface area contributed by atoms with Crippen molar-refractivity contribution in [2.24, 2.45) is 5.14 Å². The number of carbonyl (C=O) groups is 1. The predicted octanol–water partition coefficient (Wildman–Crippen LogP) is 1.27. The number of non-ortho nitro benzene ring substituents is 1. The number of anilines is 1. The van der Waals surface area contributed by atoms with Crippen molar-refractivity contribution in [2.45, 2.75) is 4.90 Å². The molecule has 0 unspecified atom stereocenters. The number of carbonyl (C=O) groups excluding carboxylic acids is 1. The van der Waals surface area contributed by atoms with E-state index in [4.69, 9.17) is 14.6 Å². The zero-order valence-electron chi connectivity index (χ0n) is 13.5. The minimum atomic E-state index is -4.04. The molecule has 0 aliphatic heterocycles. The third-order valence-corrected chi connectivity index (χ3v) is 4.08. The second-order valence-electron chi connectivity index (χ2n) is 5.00. The maximum Gasteiger partial charge on any atom is 0.273 e. The highest BCUT2D eigenvalue weighted by atomic mass is 32.2. The van der Waals surface area contributed by atoms with Crippen LogP contribution < -0.4 is 19.9 Å². The molecule has 1 amide bonds. The summed E-state index contributed by atoms with van der Waals surface area (Å²) in [6.07, 6.45) is 0. The van der Waals surface area contributed by atoms with Gasteiger partial charge in [0.2, 0.25) is 10.0 Å². The smallest absolute Gasteiger partial charge is 0.273 e. The maximum absolute atomic E-state index is 11.9. The predicted molar refractivity (Wildman–Crippen MR) is 91.6 cm³/mol. The van der Waals surface area contributed by atoms with E-state index < -0.39 is 27.5 Å². The largest absolute Gasteiger partial charge is 0.495 e. The van der Waals surface area contributed by atoms with Gasteiger partial charge >= 0.3 is 0 Å². The average Bonchev–Trinajstić information content (AvgIpc) is 2.59. The van der Waals surface area contributed by atoms with Gasteiger partial charge in [-0.1, -0.05) is 6.07 Å². The Labute approximate surface area is 148 Å². The van der Waals surface area contributed by atoms with Crippen molar-refractivity contribution in [1.82, 2.24) is 0 Å². The van der Waals surface area contributed by atoms with Crippen molar-refractivity contribution in [3.8, 4) is 11.5 Å². The molecule has 0 spiro atoms. The van der Waals surface area contributed by atoms with Gasteiger partial charge in [0.1, 0.15) is 16.4 Å². The van der Waals surface area contributed by atoms with Crippen LogP contribution in [0.5, 0.6) is 11.5 Å². The highest BCUT2D eigenvalue weighted by Crippen LogP contribution is 2.26. The minimum absolute atomic E-state index is 0.0401. The molecule has 0 saturated heterocycles. The fourth-order valence-electron chi connectivity index (χ4n) is 2.01. The first-order valence-corrected chi connectivity index (χ1v) is 8.63. The highest BCUT2D eigenvalue weighted by Gasteiger charge is 2.16. The fourth-order valence-corrected chi connectivity index (χ4v) is 2.73. The monoisotopic (exact) mass is 381 g/mol. The van der Waals surface area contributed by atoms with Crippen LogP contribution in [-0.2, 0) is 14.8 Å². The van der Waals surface area contributed by atoms with Crippen molar-refractivity contribution in [2.75, 3.05) is 19.0 Å². The number of primary sulfonamides is 1. The second kappa shape index (κ2) is 7.80. The molecule has 0 bridgehead atoms. The fraction of sp³-hybridized carbons (Fsp3) is 0.133. The van der Waals surface area contributed by atoms with Gasteiger partial charge in [-0.15, -0.1) is 0 Å². The number of methoxy groups -OCH3 is 1. The standard InChI is InChI=1S/C15H15N3O7S/c1-24-13-6-5-10(7-14(13)26(16,22)23)17-15(19)9-25-12-4-2-3-11(8-12)18(20)21/h2-8H,9H2,1H3,(H,17,19)(H2,16,22,23). The molecule has 0 radical (unpaired) electrons. The number of sulfonamides is 1. The summed E-state index contributed by atoms with van der Waals surface area (Å²) >= 11 is 0. The van der Waals surface area contributed by atoms with E-state index in [1.807, 2.05) is 0 Å². The number of nitro groups is 1. The van der Waals surface area contributed by atoms with Crippen molar-refractivity contribution in [3.63, 3.8) is 0 Å². The Morgan fingerprint density at radius 1 is 1.27 bits per heavy atom. The minimum Gasteiger partial charge on any atom is -0.495 e. The van der Waals surface area contributed by atoms with Crippen LogP contribution in [-0.4, -0.2) is 33.0 Å². The lowest BCUT2D eigenvalue weighted by molar-refractivity contribution is -0.384. The first-order valence-electron chi connectivity index (χ1n) is 7.08. The van der Waals surface area contributed by atoms with Crippen LogP contribution >= 0.6 is 0 Å². The molecule has 0 aliphatic carbocycles. The molecular formula is C15H15N3O7S. The molecule has 0 aromatic heterocycles. The summed E-state index contributed by atoms with van der Waals surface area (Å²) in [4.78, 5) is 21.8. The molecule has 0 atom stereocenters. The van der Waals surface area contributed by atoms with E-state index in [-0.39, 0.29) is 27.8 Å². The Hall–Kier alpha value is -3.18. The van der Waals surface area contributed by atoms with E-state index >= 15 is 0 Å². The van der Waals surface area contributed by atoms with Crippen molar-refractivity contribution in [1.29, 1.82) is 0 Å². The van der Waals surface area contributed by atoms with Crippen LogP contribution in [0.4, 0.5) is 11.4 Å². The summed E-state index contributed by atoms with van der Waals surface area (Å²) in [5.41, 5.74) is -0.00155. The zero-order chi connectivity index (χ0) is 19.3. The van der Waals surface area contributed by atoms with Crippen LogP contribution in [0, 0.1) is 10.1 Å². The van der Waals surface area contributed by atoms with E-state index in [9.17, 15) is 23.3 Å². The number of ether oxygens (including phenoxy) is 2. The number of hydrogen-bond donors (Lipinski definition) is 2. The number of nitrogens with zero attached hydrogens (tertiary/aromatic N) is 1. The summed E-state index contributed by atoms with van der Waals surface area (Å²) in [7, 11) is -2.76. The third kappa shape index (κ3) is 4.91. The molecule has 3 N–H and O–H groups in total. The molecule has 2 aromatic carbocycles. The average molecular weight is 381 g/mol. The van der Waals surface area contributed by atoms with Crippen molar-refractivity contribution < 1.29 is 27.6 Å². The molecule has 0 heterocycles. The van der Waals surface area contributed by atoms with E-state index in [1.165, 1.54) is 43.5 Å². The molecule has 0 aliphatic rings. The molecule has 2 rings (SSSR count). The lowest BCUT2D eigenvalue weighted by Crippen LogP contribution is -2.21. The Bertz CT molecular complexity index is 944. The Balaban J connectivity index is 2.06. The Morgan fingerprint density at radius 3 is 2.62 bits per heavy atom. The van der Waals surface area contributed by atoms with E-state index in [0.29, 0.717) is 0 Å². The molecule has 26 heavy (non-hydrogen) atoms. The summed E-state index contributed by atoms with van der Waals surface area (Å²) in [6.45, 7) is -0.433. The molecule has 0 fully saturated rings. The zero-order valence-corrected chi connectivity index (χ0v) is 14.4. The van der Waals surface area contributed by atoms with Crippen molar-refractivity contribution >= 4 is 27.3 Å². The Morgan fingerprint density at radius 2 is 2.00 bits per heavy atom. The van der Waals surface area contributed by atoms with Gasteiger partial charge in [-0.3, -0.25) is 14.9 Å². The van der Waals surface area contributed by atoms with E-state index in [2.05, 4.69) is 5.32 Å². The van der Waals surface area contributed by atoms with Crippen LogP contribution in [0.25, 0.3) is 0 Å². The van der Waals surface area contributed by atoms with Gasteiger partial charge in [0.05, 0.1) is 18.1 Å². The quantitative estimate of drug-likeness (QED) is 0.541. The first kappa shape index (κ1) is 19.1. The number of hydrogen-bond acceptors (Lipinski definition) is 7. The van der Waals surface area contributed by atoms with Crippen LogP contribution in [0.3, 0.4) is 0 Å². The van der Waals surface area contributed by atoms with Crippen molar-refractivity contribution in [3.05, 3.63) is 52.6 Å². The number of nitro benzene ring substituents is 1. The number of rotatable bonds is 7. The first-order chi connectivity index (χ1) is 12.2. The van der Waals surface area contributed by atoms with Gasteiger partial charge in [0.25, 0.3) is 11.6 Å². The lowest BCUT2D eigenvalue weighted by Gasteiger charge is -2.11. The number of nitrogens with two attached hydrogens (primary N) is 1. The topological polar surface area (TPSA) is 151 Å². The molecule has 2 aromatic rings. The highest BCUT2D eigenvalue weighted by molar-refractivity contribution is 7.89. The van der Waals surface area contributed by atoms with E-state index in [0.717, 1.165) is 6.07 Å². The number of benzene rings is 2. The van der Waals surface area contributed by atoms with Gasteiger partial charge in [-0.25, -0.2) is 13.6 Å². The van der Waals surface area contributed by atoms with Gasteiger partial charge in [-0.05, 0) is 24.3 Å². The van der Waals surface area contributed by atoms with Crippen LogP contribution in [0.15, 0.2) is 47.4 Å². The summed E-state index contributed by atoms with van der Waals surface area (Å²) < 4.78 is 33.2. The van der Waals surface area contributed by atoms with Gasteiger partial charge < -0.3 is 14.8 Å². The molecule has 11 heteroatoms. The van der Waals surface area contributed by atoms with Gasteiger partial charge in [-0.2, -0.15) is 0 Å². The third-order valence-electron chi connectivity index (χ3n) is 3.15.